The minimum atomic E-state index is -0.103. The van der Waals surface area contributed by atoms with Crippen LogP contribution >= 0.6 is 0 Å². The lowest BCUT2D eigenvalue weighted by Crippen LogP contribution is -2.54. The minimum absolute atomic E-state index is 0.103. The molecular weight excluding hydrogens is 322 g/mol. The van der Waals surface area contributed by atoms with Gasteiger partial charge in [-0.15, -0.1) is 0 Å². The van der Waals surface area contributed by atoms with Crippen molar-refractivity contribution in [2.45, 2.75) is 44.1 Å². The van der Waals surface area contributed by atoms with Gasteiger partial charge in [-0.05, 0) is 80.5 Å². The van der Waals surface area contributed by atoms with E-state index in [4.69, 9.17) is 0 Å². The summed E-state index contributed by atoms with van der Waals surface area (Å²) in [6.07, 6.45) is 9.98. The number of carbonyl (C=O) groups excluding carboxylic acids is 1. The molecule has 4 nitrogen and oxygen atoms in total. The van der Waals surface area contributed by atoms with E-state index in [1.807, 2.05) is 42.5 Å². The summed E-state index contributed by atoms with van der Waals surface area (Å²) in [5.74, 6) is 3.58. The molecule has 4 aliphatic carbocycles. The van der Waals surface area contributed by atoms with Crippen LogP contribution in [0.5, 0.6) is 0 Å². The Hall–Kier alpha value is -2.36. The first kappa shape index (κ1) is 15.9. The zero-order valence-corrected chi connectivity index (χ0v) is 14.9. The maximum absolute atomic E-state index is 12.2. The molecular formula is C22H25N3O. The molecule has 1 aromatic heterocycles. The quantitative estimate of drug-likeness (QED) is 0.842. The SMILES string of the molecule is O=C(Nc1ccc(NC23CC4CC(CC(C4)C2)C3)nc1)c1ccccc1. The van der Waals surface area contributed by atoms with E-state index < -0.39 is 0 Å². The highest BCUT2D eigenvalue weighted by molar-refractivity contribution is 6.04. The minimum Gasteiger partial charge on any atom is -0.365 e. The summed E-state index contributed by atoms with van der Waals surface area (Å²) < 4.78 is 0. The van der Waals surface area contributed by atoms with Gasteiger partial charge in [-0.1, -0.05) is 18.2 Å². The molecule has 4 heteroatoms. The van der Waals surface area contributed by atoms with Crippen molar-refractivity contribution in [2.24, 2.45) is 17.8 Å². The van der Waals surface area contributed by atoms with Gasteiger partial charge in [0, 0.05) is 11.1 Å². The first-order valence-corrected chi connectivity index (χ1v) is 9.78. The number of anilines is 2. The van der Waals surface area contributed by atoms with E-state index in [0.29, 0.717) is 5.56 Å². The fourth-order valence-electron chi connectivity index (χ4n) is 5.87. The number of hydrogen-bond acceptors (Lipinski definition) is 3. The van der Waals surface area contributed by atoms with Crippen molar-refractivity contribution in [2.75, 3.05) is 10.6 Å². The van der Waals surface area contributed by atoms with Gasteiger partial charge >= 0.3 is 0 Å². The number of hydrogen-bond donors (Lipinski definition) is 2. The van der Waals surface area contributed by atoms with Gasteiger partial charge in [0.2, 0.25) is 0 Å². The second-order valence-electron chi connectivity index (χ2n) is 8.58. The number of carbonyl (C=O) groups is 1. The van der Waals surface area contributed by atoms with Crippen LogP contribution in [-0.4, -0.2) is 16.4 Å². The van der Waals surface area contributed by atoms with Crippen LogP contribution in [0.3, 0.4) is 0 Å². The molecule has 134 valence electrons. The second kappa shape index (κ2) is 6.11. The third-order valence-corrected chi connectivity index (χ3v) is 6.49. The second-order valence-corrected chi connectivity index (χ2v) is 8.58. The number of amides is 1. The summed E-state index contributed by atoms with van der Waals surface area (Å²) in [6.45, 7) is 0. The molecule has 4 aliphatic rings. The predicted octanol–water partition coefficient (Wildman–Crippen LogP) is 4.71. The van der Waals surface area contributed by atoms with E-state index in [-0.39, 0.29) is 11.4 Å². The van der Waals surface area contributed by atoms with Crippen molar-refractivity contribution in [1.29, 1.82) is 0 Å². The molecule has 0 spiro atoms. The number of benzene rings is 1. The molecule has 4 saturated carbocycles. The van der Waals surface area contributed by atoms with Crippen LogP contribution in [0.25, 0.3) is 0 Å². The van der Waals surface area contributed by atoms with E-state index in [2.05, 4.69) is 15.6 Å². The maximum Gasteiger partial charge on any atom is 0.255 e. The third-order valence-electron chi connectivity index (χ3n) is 6.49. The third kappa shape index (κ3) is 2.98. The molecule has 0 saturated heterocycles. The standard InChI is InChI=1S/C22H25N3O/c26-21(18-4-2-1-3-5-18)24-19-6-7-20(23-14-19)25-22-11-15-8-16(12-22)10-17(9-15)13-22/h1-7,14-17H,8-13H2,(H,23,25)(H,24,26). The van der Waals surface area contributed by atoms with Crippen LogP contribution in [0.4, 0.5) is 11.5 Å². The summed E-state index contributed by atoms with van der Waals surface area (Å²) in [6, 6.07) is 13.2. The molecule has 0 atom stereocenters. The van der Waals surface area contributed by atoms with E-state index in [1.165, 1.54) is 38.5 Å². The average Bonchev–Trinajstić information content (AvgIpc) is 2.63. The molecule has 2 aromatic rings. The Labute approximate surface area is 154 Å². The van der Waals surface area contributed by atoms with Crippen molar-refractivity contribution < 1.29 is 4.79 Å². The van der Waals surface area contributed by atoms with Gasteiger partial charge in [-0.2, -0.15) is 0 Å². The van der Waals surface area contributed by atoms with Gasteiger partial charge in [0.15, 0.2) is 0 Å². The van der Waals surface area contributed by atoms with Crippen LogP contribution in [0.2, 0.25) is 0 Å². The Morgan fingerprint density at radius 3 is 2.15 bits per heavy atom. The lowest BCUT2D eigenvalue weighted by molar-refractivity contribution is 0.0105. The number of rotatable bonds is 4. The summed E-state index contributed by atoms with van der Waals surface area (Å²) in [5.41, 5.74) is 1.65. The molecule has 1 amide bonds. The first-order valence-electron chi connectivity index (χ1n) is 9.78. The number of pyridine rings is 1. The number of aromatic nitrogens is 1. The highest BCUT2D eigenvalue weighted by Crippen LogP contribution is 2.56. The van der Waals surface area contributed by atoms with Crippen LogP contribution in [0.1, 0.15) is 48.9 Å². The summed E-state index contributed by atoms with van der Waals surface area (Å²) >= 11 is 0. The highest BCUT2D eigenvalue weighted by Gasteiger charge is 2.51. The largest absolute Gasteiger partial charge is 0.365 e. The zero-order chi connectivity index (χ0) is 17.6. The Kier molecular flexibility index (Phi) is 3.73. The number of nitrogens with one attached hydrogen (secondary N) is 2. The molecule has 0 aliphatic heterocycles. The van der Waals surface area contributed by atoms with Crippen LogP contribution in [0, 0.1) is 17.8 Å². The topological polar surface area (TPSA) is 54.0 Å². The normalized spacial score (nSPS) is 31.6. The first-order chi connectivity index (χ1) is 12.7. The van der Waals surface area contributed by atoms with Crippen molar-refractivity contribution in [3.63, 3.8) is 0 Å². The van der Waals surface area contributed by atoms with E-state index in [0.717, 1.165) is 29.3 Å². The molecule has 0 radical (unpaired) electrons. The lowest BCUT2D eigenvalue weighted by Gasteiger charge is -2.57. The van der Waals surface area contributed by atoms with Crippen LogP contribution < -0.4 is 10.6 Å². The average molecular weight is 347 g/mol. The summed E-state index contributed by atoms with van der Waals surface area (Å²) in [4.78, 5) is 16.8. The lowest BCUT2D eigenvalue weighted by atomic mass is 9.53. The Balaban J connectivity index is 1.26. The van der Waals surface area contributed by atoms with Crippen molar-refractivity contribution in [1.82, 2.24) is 4.98 Å². The van der Waals surface area contributed by atoms with Crippen LogP contribution in [-0.2, 0) is 0 Å². The molecule has 4 fully saturated rings. The van der Waals surface area contributed by atoms with Crippen molar-refractivity contribution in [3.8, 4) is 0 Å². The smallest absolute Gasteiger partial charge is 0.255 e. The molecule has 1 aromatic carbocycles. The molecule has 2 N–H and O–H groups in total. The fraction of sp³-hybridized carbons (Fsp3) is 0.455. The van der Waals surface area contributed by atoms with Crippen LogP contribution in [0.15, 0.2) is 48.7 Å². The Morgan fingerprint density at radius 1 is 0.923 bits per heavy atom. The monoisotopic (exact) mass is 347 g/mol. The van der Waals surface area contributed by atoms with Gasteiger partial charge in [0.25, 0.3) is 5.91 Å². The van der Waals surface area contributed by atoms with Crippen molar-refractivity contribution in [3.05, 3.63) is 54.2 Å². The summed E-state index contributed by atoms with van der Waals surface area (Å²) in [7, 11) is 0. The van der Waals surface area contributed by atoms with Crippen molar-refractivity contribution >= 4 is 17.4 Å². The fourth-order valence-corrected chi connectivity index (χ4v) is 5.87. The van der Waals surface area contributed by atoms with Gasteiger partial charge in [-0.3, -0.25) is 4.79 Å². The maximum atomic E-state index is 12.2. The Bertz CT molecular complexity index is 765. The van der Waals surface area contributed by atoms with Gasteiger partial charge in [0.1, 0.15) is 5.82 Å². The molecule has 26 heavy (non-hydrogen) atoms. The van der Waals surface area contributed by atoms with E-state index in [1.54, 1.807) is 6.20 Å². The molecule has 6 rings (SSSR count). The highest BCUT2D eigenvalue weighted by atomic mass is 16.1. The van der Waals surface area contributed by atoms with E-state index in [9.17, 15) is 4.79 Å². The predicted molar refractivity (Wildman–Crippen MR) is 103 cm³/mol. The molecule has 4 bridgehead atoms. The van der Waals surface area contributed by atoms with Gasteiger partial charge < -0.3 is 10.6 Å². The zero-order valence-electron chi connectivity index (χ0n) is 14.9. The van der Waals surface area contributed by atoms with E-state index >= 15 is 0 Å². The molecule has 1 heterocycles. The summed E-state index contributed by atoms with van der Waals surface area (Å²) in [5, 5.41) is 6.69. The molecule has 0 unspecified atom stereocenters. The van der Waals surface area contributed by atoms with Gasteiger partial charge in [0.05, 0.1) is 11.9 Å². The number of nitrogens with zero attached hydrogens (tertiary/aromatic N) is 1. The Morgan fingerprint density at radius 2 is 1.58 bits per heavy atom. The van der Waals surface area contributed by atoms with Gasteiger partial charge in [-0.25, -0.2) is 4.98 Å².